The second kappa shape index (κ2) is 4.46. The molecule has 0 aliphatic heterocycles. The third kappa shape index (κ3) is 2.18. The summed E-state index contributed by atoms with van der Waals surface area (Å²) in [6.45, 7) is 8.26. The monoisotopic (exact) mass is 246 g/mol. The topological polar surface area (TPSA) is 25.8 Å². The van der Waals surface area contributed by atoms with Crippen LogP contribution in [0.15, 0.2) is 18.5 Å². The Morgan fingerprint density at radius 1 is 0.941 bits per heavy atom. The molecule has 2 nitrogen and oxygen atoms in total. The van der Waals surface area contributed by atoms with Gasteiger partial charge in [-0.15, -0.1) is 0 Å². The maximum atomic E-state index is 6.05. The number of nitrogens with zero attached hydrogens (tertiary/aromatic N) is 2. The fourth-order valence-electron chi connectivity index (χ4n) is 2.23. The fourth-order valence-corrected chi connectivity index (χ4v) is 2.37. The molecule has 0 N–H and O–H groups in total. The highest BCUT2D eigenvalue weighted by atomic mass is 35.5. The Bertz CT molecular complexity index is 553. The van der Waals surface area contributed by atoms with Crippen molar-refractivity contribution in [3.05, 3.63) is 45.9 Å². The summed E-state index contributed by atoms with van der Waals surface area (Å²) in [6, 6.07) is 4.33. The Morgan fingerprint density at radius 3 is 2.12 bits per heavy atom. The normalized spacial score (nSPS) is 10.6. The highest BCUT2D eigenvalue weighted by Crippen LogP contribution is 2.30. The van der Waals surface area contributed by atoms with Crippen molar-refractivity contribution < 1.29 is 0 Å². The molecule has 1 aromatic carbocycles. The van der Waals surface area contributed by atoms with Gasteiger partial charge in [0.05, 0.1) is 5.69 Å². The lowest BCUT2D eigenvalue weighted by Gasteiger charge is -2.13. The molecule has 0 atom stereocenters. The largest absolute Gasteiger partial charge is 0.236 e. The molecule has 0 unspecified atom stereocenters. The van der Waals surface area contributed by atoms with Gasteiger partial charge in [-0.3, -0.25) is 0 Å². The van der Waals surface area contributed by atoms with Crippen LogP contribution in [0.1, 0.15) is 22.3 Å². The van der Waals surface area contributed by atoms with Crippen LogP contribution in [0.4, 0.5) is 0 Å². The third-order valence-corrected chi connectivity index (χ3v) is 3.32. The lowest BCUT2D eigenvalue weighted by molar-refractivity contribution is 1.12. The lowest BCUT2D eigenvalue weighted by Crippen LogP contribution is -1.97. The molecule has 0 aliphatic rings. The Morgan fingerprint density at radius 2 is 1.53 bits per heavy atom. The maximum Gasteiger partial charge on any atom is 0.135 e. The Labute approximate surface area is 107 Å². The molecule has 1 aromatic heterocycles. The van der Waals surface area contributed by atoms with E-state index in [1.165, 1.54) is 23.0 Å². The summed E-state index contributed by atoms with van der Waals surface area (Å²) in [5.41, 5.74) is 6.74. The van der Waals surface area contributed by atoms with E-state index in [0.29, 0.717) is 5.15 Å². The first-order valence-corrected chi connectivity index (χ1v) is 5.94. The van der Waals surface area contributed by atoms with Gasteiger partial charge in [0.1, 0.15) is 11.5 Å². The van der Waals surface area contributed by atoms with Gasteiger partial charge in [-0.25, -0.2) is 9.97 Å². The van der Waals surface area contributed by atoms with Gasteiger partial charge in [-0.1, -0.05) is 29.3 Å². The van der Waals surface area contributed by atoms with Gasteiger partial charge in [0.25, 0.3) is 0 Å². The van der Waals surface area contributed by atoms with Gasteiger partial charge in [0.2, 0.25) is 0 Å². The summed E-state index contributed by atoms with van der Waals surface area (Å²) in [6.07, 6.45) is 1.52. The summed E-state index contributed by atoms with van der Waals surface area (Å²) < 4.78 is 0. The van der Waals surface area contributed by atoms with Gasteiger partial charge in [0.15, 0.2) is 0 Å². The van der Waals surface area contributed by atoms with Gasteiger partial charge >= 0.3 is 0 Å². The van der Waals surface area contributed by atoms with Crippen molar-refractivity contribution in [3.8, 4) is 11.3 Å². The molecule has 0 bridgehead atoms. The van der Waals surface area contributed by atoms with Crippen LogP contribution in [-0.4, -0.2) is 9.97 Å². The smallest absolute Gasteiger partial charge is 0.135 e. The molecule has 0 spiro atoms. The minimum atomic E-state index is 0.523. The first-order valence-electron chi connectivity index (χ1n) is 5.56. The second-order valence-corrected chi connectivity index (χ2v) is 4.77. The van der Waals surface area contributed by atoms with E-state index in [2.05, 4.69) is 42.9 Å². The molecule has 88 valence electrons. The van der Waals surface area contributed by atoms with Crippen molar-refractivity contribution in [2.45, 2.75) is 27.7 Å². The number of benzene rings is 1. The molecule has 17 heavy (non-hydrogen) atoms. The molecule has 0 saturated carbocycles. The zero-order valence-corrected chi connectivity index (χ0v) is 11.3. The minimum absolute atomic E-state index is 0.523. The summed E-state index contributed by atoms with van der Waals surface area (Å²) >= 11 is 6.05. The van der Waals surface area contributed by atoms with Crippen LogP contribution in [0.25, 0.3) is 11.3 Å². The number of halogens is 1. The number of aryl methyl sites for hydroxylation is 3. The van der Waals surface area contributed by atoms with Crippen molar-refractivity contribution in [2.24, 2.45) is 0 Å². The van der Waals surface area contributed by atoms with Crippen LogP contribution in [-0.2, 0) is 0 Å². The van der Waals surface area contributed by atoms with Crippen molar-refractivity contribution in [1.82, 2.24) is 9.97 Å². The van der Waals surface area contributed by atoms with Crippen molar-refractivity contribution >= 4 is 11.6 Å². The minimum Gasteiger partial charge on any atom is -0.236 e. The number of rotatable bonds is 1. The Balaban J connectivity index is 2.73. The summed E-state index contributed by atoms with van der Waals surface area (Å²) in [7, 11) is 0. The van der Waals surface area contributed by atoms with E-state index in [1.54, 1.807) is 0 Å². The highest BCUT2D eigenvalue weighted by Gasteiger charge is 2.12. The summed E-state index contributed by atoms with van der Waals surface area (Å²) in [5.74, 6) is 0. The Kier molecular flexibility index (Phi) is 3.16. The molecule has 2 rings (SSSR count). The molecule has 1 heterocycles. The van der Waals surface area contributed by atoms with Gasteiger partial charge in [-0.05, 0) is 38.8 Å². The molecule has 0 saturated heterocycles. The standard InChI is InChI=1S/C14H15ClN2/c1-8-5-9(2)12(10(3)6-8)13-11(4)14(15)17-7-16-13/h5-7H,1-4H3. The molecular formula is C14H15ClN2. The predicted octanol–water partition coefficient (Wildman–Crippen LogP) is 4.03. The summed E-state index contributed by atoms with van der Waals surface area (Å²) in [5, 5.41) is 0.523. The van der Waals surface area contributed by atoms with Crippen LogP contribution in [0, 0.1) is 27.7 Å². The van der Waals surface area contributed by atoms with E-state index in [1.807, 2.05) is 6.92 Å². The second-order valence-electron chi connectivity index (χ2n) is 4.41. The molecule has 3 heteroatoms. The van der Waals surface area contributed by atoms with Crippen LogP contribution >= 0.6 is 11.6 Å². The van der Waals surface area contributed by atoms with Crippen LogP contribution < -0.4 is 0 Å². The number of aromatic nitrogens is 2. The van der Waals surface area contributed by atoms with Gasteiger partial charge < -0.3 is 0 Å². The van der Waals surface area contributed by atoms with Crippen molar-refractivity contribution in [3.63, 3.8) is 0 Å². The summed E-state index contributed by atoms with van der Waals surface area (Å²) in [4.78, 5) is 8.36. The van der Waals surface area contributed by atoms with E-state index in [-0.39, 0.29) is 0 Å². The van der Waals surface area contributed by atoms with Gasteiger partial charge in [0, 0.05) is 11.1 Å². The van der Waals surface area contributed by atoms with E-state index >= 15 is 0 Å². The van der Waals surface area contributed by atoms with Crippen LogP contribution in [0.2, 0.25) is 5.15 Å². The number of hydrogen-bond acceptors (Lipinski definition) is 2. The third-order valence-electron chi connectivity index (χ3n) is 2.94. The van der Waals surface area contributed by atoms with Crippen molar-refractivity contribution in [1.29, 1.82) is 0 Å². The first kappa shape index (κ1) is 12.1. The first-order chi connectivity index (χ1) is 8.00. The predicted molar refractivity (Wildman–Crippen MR) is 71.4 cm³/mol. The van der Waals surface area contributed by atoms with E-state index < -0.39 is 0 Å². The lowest BCUT2D eigenvalue weighted by atomic mass is 9.95. The van der Waals surface area contributed by atoms with E-state index in [4.69, 9.17) is 11.6 Å². The van der Waals surface area contributed by atoms with Crippen LogP contribution in [0.5, 0.6) is 0 Å². The molecule has 0 radical (unpaired) electrons. The van der Waals surface area contributed by atoms with E-state index in [0.717, 1.165) is 16.8 Å². The van der Waals surface area contributed by atoms with Crippen molar-refractivity contribution in [2.75, 3.05) is 0 Å². The zero-order chi connectivity index (χ0) is 12.6. The average molecular weight is 247 g/mol. The molecule has 0 fully saturated rings. The van der Waals surface area contributed by atoms with Gasteiger partial charge in [-0.2, -0.15) is 0 Å². The average Bonchev–Trinajstić information content (AvgIpc) is 2.23. The molecule has 2 aromatic rings. The van der Waals surface area contributed by atoms with Crippen LogP contribution in [0.3, 0.4) is 0 Å². The maximum absolute atomic E-state index is 6.05. The van der Waals surface area contributed by atoms with E-state index in [9.17, 15) is 0 Å². The Hall–Kier alpha value is -1.41. The molecular weight excluding hydrogens is 232 g/mol. The molecule has 0 aliphatic carbocycles. The molecule has 0 amide bonds. The zero-order valence-electron chi connectivity index (χ0n) is 10.5. The highest BCUT2D eigenvalue weighted by molar-refractivity contribution is 6.30. The number of hydrogen-bond donors (Lipinski definition) is 0. The quantitative estimate of drug-likeness (QED) is 0.710. The SMILES string of the molecule is Cc1cc(C)c(-c2ncnc(Cl)c2C)c(C)c1. The fraction of sp³-hybridized carbons (Fsp3) is 0.286.